The van der Waals surface area contributed by atoms with Crippen molar-refractivity contribution in [2.24, 2.45) is 0 Å². The molecule has 0 fully saturated rings. The number of halogens is 1. The molecule has 1 heterocycles. The van der Waals surface area contributed by atoms with Crippen LogP contribution in [0.2, 0.25) is 0 Å². The molecule has 0 aliphatic rings. The third-order valence-electron chi connectivity index (χ3n) is 1.98. The van der Waals surface area contributed by atoms with E-state index < -0.39 is 0 Å². The summed E-state index contributed by atoms with van der Waals surface area (Å²) < 4.78 is 0. The van der Waals surface area contributed by atoms with E-state index >= 15 is 0 Å². The van der Waals surface area contributed by atoms with E-state index in [1.165, 1.54) is 11.3 Å². The smallest absolute Gasteiger partial charge is 0.0497 e. The quantitative estimate of drug-likeness (QED) is 0.709. The van der Waals surface area contributed by atoms with Crippen LogP contribution in [-0.4, -0.2) is 10.3 Å². The van der Waals surface area contributed by atoms with Gasteiger partial charge in [0, 0.05) is 22.6 Å². The Kier molecular flexibility index (Phi) is 2.89. The monoisotopic (exact) mass is 227 g/mol. The summed E-state index contributed by atoms with van der Waals surface area (Å²) in [5.74, 6) is 0. The van der Waals surface area contributed by atoms with Crippen LogP contribution in [0.1, 0.15) is 25.1 Å². The van der Waals surface area contributed by atoms with Crippen LogP contribution in [0.15, 0.2) is 18.3 Å². The average molecular weight is 228 g/mol. The molecule has 0 amide bonds. The Morgan fingerprint density at radius 3 is 2.67 bits per heavy atom. The number of pyridine rings is 1. The highest BCUT2D eigenvalue weighted by Crippen LogP contribution is 2.25. The van der Waals surface area contributed by atoms with Crippen molar-refractivity contribution in [3.63, 3.8) is 0 Å². The Bertz CT molecular complexity index is 268. The molecule has 1 rings (SSSR count). The summed E-state index contributed by atoms with van der Waals surface area (Å²) >= 11 is 3.50. The van der Waals surface area contributed by atoms with Gasteiger partial charge in [-0.25, -0.2) is 0 Å². The normalized spacial score (nSPS) is 11.7. The lowest BCUT2D eigenvalue weighted by Crippen LogP contribution is -2.21. The van der Waals surface area contributed by atoms with Crippen molar-refractivity contribution in [1.82, 2.24) is 4.98 Å². The summed E-state index contributed by atoms with van der Waals surface area (Å²) in [6, 6.07) is 4.08. The van der Waals surface area contributed by atoms with Crippen molar-refractivity contribution in [3.05, 3.63) is 29.6 Å². The highest BCUT2D eigenvalue weighted by atomic mass is 79.9. The third-order valence-corrected chi connectivity index (χ3v) is 3.39. The van der Waals surface area contributed by atoms with Crippen molar-refractivity contribution in [3.8, 4) is 0 Å². The molecule has 66 valence electrons. The van der Waals surface area contributed by atoms with E-state index in [1.807, 2.05) is 12.3 Å². The number of hydrogen-bond acceptors (Lipinski definition) is 1. The van der Waals surface area contributed by atoms with E-state index in [1.54, 1.807) is 0 Å². The lowest BCUT2D eigenvalue weighted by atomic mass is 9.89. The fourth-order valence-corrected chi connectivity index (χ4v) is 1.52. The first-order valence-electron chi connectivity index (χ1n) is 4.06. The second kappa shape index (κ2) is 3.56. The first-order valence-corrected chi connectivity index (χ1v) is 5.18. The molecule has 0 saturated carbocycles. The minimum absolute atomic E-state index is 0.130. The molecule has 2 heteroatoms. The Balaban J connectivity index is 3.10. The lowest BCUT2D eigenvalue weighted by molar-refractivity contribution is 0.579. The zero-order valence-electron chi connectivity index (χ0n) is 7.76. The highest BCUT2D eigenvalue weighted by Gasteiger charge is 2.21. The minimum Gasteiger partial charge on any atom is -0.260 e. The topological polar surface area (TPSA) is 12.9 Å². The van der Waals surface area contributed by atoms with Crippen molar-refractivity contribution < 1.29 is 0 Å². The Labute approximate surface area is 82.3 Å². The molecule has 0 saturated heterocycles. The van der Waals surface area contributed by atoms with Crippen LogP contribution < -0.4 is 0 Å². The Morgan fingerprint density at radius 2 is 2.17 bits per heavy atom. The molecular formula is C10H14BrN. The highest BCUT2D eigenvalue weighted by molar-refractivity contribution is 9.09. The molecule has 1 aromatic rings. The zero-order chi connectivity index (χ0) is 9.19. The zero-order valence-corrected chi connectivity index (χ0v) is 9.35. The number of alkyl halides is 1. The second-order valence-electron chi connectivity index (χ2n) is 3.69. The SMILES string of the molecule is Cc1cccnc1C(C)(C)CBr. The van der Waals surface area contributed by atoms with Crippen LogP contribution in [0, 0.1) is 6.92 Å². The van der Waals surface area contributed by atoms with E-state index in [0.29, 0.717) is 0 Å². The summed E-state index contributed by atoms with van der Waals surface area (Å²) in [7, 11) is 0. The van der Waals surface area contributed by atoms with Crippen LogP contribution in [-0.2, 0) is 5.41 Å². The van der Waals surface area contributed by atoms with E-state index in [9.17, 15) is 0 Å². The number of nitrogens with zero attached hydrogens (tertiary/aromatic N) is 1. The molecule has 0 atom stereocenters. The predicted octanol–water partition coefficient (Wildman–Crippen LogP) is 3.06. The van der Waals surface area contributed by atoms with Gasteiger partial charge in [0.15, 0.2) is 0 Å². The maximum atomic E-state index is 4.39. The predicted molar refractivity (Wildman–Crippen MR) is 55.8 cm³/mol. The fourth-order valence-electron chi connectivity index (χ4n) is 1.26. The first-order chi connectivity index (χ1) is 5.58. The maximum absolute atomic E-state index is 4.39. The molecule has 0 N–H and O–H groups in total. The van der Waals surface area contributed by atoms with Gasteiger partial charge < -0.3 is 0 Å². The van der Waals surface area contributed by atoms with Crippen LogP contribution in [0.5, 0.6) is 0 Å². The molecule has 0 spiro atoms. The number of rotatable bonds is 2. The molecule has 0 bridgehead atoms. The molecule has 1 aromatic heterocycles. The van der Waals surface area contributed by atoms with E-state index in [0.717, 1.165) is 5.33 Å². The van der Waals surface area contributed by atoms with Gasteiger partial charge in [0.2, 0.25) is 0 Å². The van der Waals surface area contributed by atoms with Gasteiger partial charge in [0.1, 0.15) is 0 Å². The van der Waals surface area contributed by atoms with Crippen molar-refractivity contribution in [2.75, 3.05) is 5.33 Å². The van der Waals surface area contributed by atoms with Gasteiger partial charge in [0.05, 0.1) is 0 Å². The van der Waals surface area contributed by atoms with E-state index in [2.05, 4.69) is 47.8 Å². The first kappa shape index (κ1) is 9.72. The van der Waals surface area contributed by atoms with Gasteiger partial charge in [-0.2, -0.15) is 0 Å². The van der Waals surface area contributed by atoms with Crippen LogP contribution in [0.3, 0.4) is 0 Å². The molecule has 0 aliphatic heterocycles. The summed E-state index contributed by atoms with van der Waals surface area (Å²) in [6.45, 7) is 6.49. The average Bonchev–Trinajstić information content (AvgIpc) is 2.05. The molecular weight excluding hydrogens is 214 g/mol. The van der Waals surface area contributed by atoms with Gasteiger partial charge in [-0.1, -0.05) is 35.8 Å². The molecule has 12 heavy (non-hydrogen) atoms. The van der Waals surface area contributed by atoms with Crippen LogP contribution in [0.25, 0.3) is 0 Å². The largest absolute Gasteiger partial charge is 0.260 e. The van der Waals surface area contributed by atoms with Crippen LogP contribution >= 0.6 is 15.9 Å². The molecule has 0 aromatic carbocycles. The van der Waals surface area contributed by atoms with Gasteiger partial charge in [-0.15, -0.1) is 0 Å². The lowest BCUT2D eigenvalue weighted by Gasteiger charge is -2.22. The standard InChI is InChI=1S/C10H14BrN/c1-8-5-4-6-12-9(8)10(2,3)7-11/h4-6H,7H2,1-3H3. The van der Waals surface area contributed by atoms with Gasteiger partial charge >= 0.3 is 0 Å². The maximum Gasteiger partial charge on any atom is 0.0497 e. The van der Waals surface area contributed by atoms with Crippen LogP contribution in [0.4, 0.5) is 0 Å². The third kappa shape index (κ3) is 1.86. The number of aryl methyl sites for hydroxylation is 1. The summed E-state index contributed by atoms with van der Waals surface area (Å²) in [5.41, 5.74) is 2.58. The van der Waals surface area contributed by atoms with E-state index in [-0.39, 0.29) is 5.41 Å². The van der Waals surface area contributed by atoms with E-state index in [4.69, 9.17) is 0 Å². The van der Waals surface area contributed by atoms with Crippen molar-refractivity contribution >= 4 is 15.9 Å². The summed E-state index contributed by atoms with van der Waals surface area (Å²) in [4.78, 5) is 4.39. The fraction of sp³-hybridized carbons (Fsp3) is 0.500. The summed E-state index contributed by atoms with van der Waals surface area (Å²) in [5, 5.41) is 0.942. The Morgan fingerprint density at radius 1 is 1.50 bits per heavy atom. The summed E-state index contributed by atoms with van der Waals surface area (Å²) in [6.07, 6.45) is 1.85. The van der Waals surface area contributed by atoms with Gasteiger partial charge in [-0.3, -0.25) is 4.98 Å². The molecule has 1 nitrogen and oxygen atoms in total. The molecule has 0 unspecified atom stereocenters. The number of hydrogen-bond donors (Lipinski definition) is 0. The molecule has 0 aliphatic carbocycles. The number of aromatic nitrogens is 1. The van der Waals surface area contributed by atoms with Crippen molar-refractivity contribution in [1.29, 1.82) is 0 Å². The van der Waals surface area contributed by atoms with Gasteiger partial charge in [-0.05, 0) is 18.6 Å². The molecule has 0 radical (unpaired) electrons. The minimum atomic E-state index is 0.130. The second-order valence-corrected chi connectivity index (χ2v) is 4.25. The van der Waals surface area contributed by atoms with Gasteiger partial charge in [0.25, 0.3) is 0 Å². The Hall–Kier alpha value is -0.370. The van der Waals surface area contributed by atoms with Crippen molar-refractivity contribution in [2.45, 2.75) is 26.2 Å².